The number of H-pyrrole nitrogens is 1. The van der Waals surface area contributed by atoms with E-state index in [1.165, 1.54) is 0 Å². The standard InChI is InChI=1S/C57H66N8O7/c58-29-16-15-28-46-53(67)62-47(32-39-18-5-1-6-19-39)52(66)38-72-31-17-30-59-48(33-40-20-7-2-8-21-40)54(68)63-49(34-41-22-9-3-10-23-41)55(69)64-50(35-42-24-11-4-12-25-42)56(70)65-51(57(71)61-46)36-43-37-60-45-27-14-13-26-44(43)45/h1-14,18-27,37,46-51,59-60H,15-17,28-36,38,58H2,(H,61,71)(H,62,67)(H,63,68)(H,64,69)(H,65,70)/t46-,47+,48+,49+,50+,51-/m1/s1. The normalized spacial score (nSPS) is 21.5. The molecule has 0 radical (unpaired) electrons. The molecule has 1 aliphatic rings. The summed E-state index contributed by atoms with van der Waals surface area (Å²) in [5, 5.41) is 19.0. The SMILES string of the molecule is NCCCC[C@H]1NC(=O)[C@@H](Cc2c[nH]c3ccccc23)NC(=O)[C@H](Cc2ccccc2)NC(=O)[C@H](Cc2ccccc2)NC(=O)[C@H](Cc2ccccc2)NCCCOCC(=O)[C@H](Cc2ccccc2)NC1=O. The van der Waals surface area contributed by atoms with Crippen LogP contribution in [0.2, 0.25) is 0 Å². The lowest BCUT2D eigenvalue weighted by Gasteiger charge is -2.28. The number of benzene rings is 5. The quantitative estimate of drug-likeness (QED) is 0.0733. The van der Waals surface area contributed by atoms with Crippen LogP contribution in [0.4, 0.5) is 0 Å². The molecule has 9 N–H and O–H groups in total. The Hall–Kier alpha value is -7.46. The number of amides is 5. The van der Waals surface area contributed by atoms with E-state index in [0.717, 1.165) is 38.7 Å². The molecule has 0 aliphatic carbocycles. The highest BCUT2D eigenvalue weighted by Gasteiger charge is 2.34. The lowest BCUT2D eigenvalue weighted by atomic mass is 9.99. The number of ketones is 1. The molecular formula is C57H66N8O7. The number of aromatic amines is 1. The number of aromatic nitrogens is 1. The predicted molar refractivity (Wildman–Crippen MR) is 277 cm³/mol. The van der Waals surface area contributed by atoms with Crippen molar-refractivity contribution in [2.24, 2.45) is 5.73 Å². The molecule has 1 fully saturated rings. The summed E-state index contributed by atoms with van der Waals surface area (Å²) in [5.41, 5.74) is 10.7. The van der Waals surface area contributed by atoms with Crippen molar-refractivity contribution in [1.82, 2.24) is 36.9 Å². The molecule has 2 heterocycles. The van der Waals surface area contributed by atoms with Crippen molar-refractivity contribution in [3.8, 4) is 0 Å². The van der Waals surface area contributed by atoms with E-state index in [0.29, 0.717) is 38.8 Å². The number of hydrogen-bond acceptors (Lipinski definition) is 9. The first-order chi connectivity index (χ1) is 35.1. The maximum atomic E-state index is 14.9. The molecule has 376 valence electrons. The van der Waals surface area contributed by atoms with E-state index in [9.17, 15) is 28.8 Å². The van der Waals surface area contributed by atoms with Crippen LogP contribution in [0, 0.1) is 0 Å². The summed E-state index contributed by atoms with van der Waals surface area (Å²) in [6.45, 7) is 0.571. The number of Topliss-reactive ketones (excluding diaryl/α,β-unsaturated/α-hetero) is 1. The summed E-state index contributed by atoms with van der Waals surface area (Å²) in [7, 11) is 0. The number of para-hydroxylation sites is 1. The van der Waals surface area contributed by atoms with Gasteiger partial charge < -0.3 is 47.4 Å². The van der Waals surface area contributed by atoms with Crippen LogP contribution in [0.25, 0.3) is 10.9 Å². The van der Waals surface area contributed by atoms with Gasteiger partial charge in [0.15, 0.2) is 5.78 Å². The summed E-state index contributed by atoms with van der Waals surface area (Å²) in [5.74, 6) is -3.26. The molecule has 0 bridgehead atoms. The minimum Gasteiger partial charge on any atom is -0.374 e. The molecule has 1 aromatic heterocycles. The van der Waals surface area contributed by atoms with Gasteiger partial charge in [-0.05, 0) is 85.5 Å². The molecule has 1 saturated heterocycles. The first kappa shape index (κ1) is 52.4. The molecule has 5 amide bonds. The Labute approximate surface area is 420 Å². The summed E-state index contributed by atoms with van der Waals surface area (Å²) in [4.78, 5) is 90.7. The molecule has 0 unspecified atom stereocenters. The molecule has 7 rings (SSSR count). The maximum Gasteiger partial charge on any atom is 0.243 e. The highest BCUT2D eigenvalue weighted by atomic mass is 16.5. The highest BCUT2D eigenvalue weighted by molar-refractivity contribution is 5.98. The molecule has 15 heteroatoms. The summed E-state index contributed by atoms with van der Waals surface area (Å²) in [6, 6.07) is 38.4. The van der Waals surface area contributed by atoms with E-state index < -0.39 is 65.8 Å². The molecule has 5 aromatic carbocycles. The third kappa shape index (κ3) is 15.8. The minimum absolute atomic E-state index is 0.0136. The van der Waals surface area contributed by atoms with E-state index in [2.05, 4.69) is 36.9 Å². The molecule has 15 nitrogen and oxygen atoms in total. The molecule has 0 spiro atoms. The van der Waals surface area contributed by atoms with E-state index in [1.807, 2.05) is 146 Å². The monoisotopic (exact) mass is 975 g/mol. The topological polar surface area (TPSA) is 226 Å². The fourth-order valence-corrected chi connectivity index (χ4v) is 8.90. The van der Waals surface area contributed by atoms with Crippen molar-refractivity contribution in [3.63, 3.8) is 0 Å². The summed E-state index contributed by atoms with van der Waals surface area (Å²) >= 11 is 0. The van der Waals surface area contributed by atoms with Crippen LogP contribution in [0.5, 0.6) is 0 Å². The number of ether oxygens (including phenoxy) is 1. The van der Waals surface area contributed by atoms with E-state index in [-0.39, 0.29) is 51.1 Å². The Morgan fingerprint density at radius 1 is 0.458 bits per heavy atom. The van der Waals surface area contributed by atoms with E-state index >= 15 is 0 Å². The van der Waals surface area contributed by atoms with Crippen LogP contribution < -0.4 is 37.6 Å². The van der Waals surface area contributed by atoms with Gasteiger partial charge in [0.05, 0.1) is 12.1 Å². The van der Waals surface area contributed by atoms with Gasteiger partial charge >= 0.3 is 0 Å². The summed E-state index contributed by atoms with van der Waals surface area (Å²) < 4.78 is 5.91. The molecular weight excluding hydrogens is 909 g/mol. The molecule has 1 aliphatic heterocycles. The van der Waals surface area contributed by atoms with Crippen molar-refractivity contribution in [1.29, 1.82) is 0 Å². The minimum atomic E-state index is -1.25. The zero-order valence-corrected chi connectivity index (χ0v) is 40.5. The number of nitrogens with one attached hydrogen (secondary N) is 7. The Balaban J connectivity index is 1.25. The Morgan fingerprint density at radius 2 is 0.875 bits per heavy atom. The van der Waals surface area contributed by atoms with Gasteiger partial charge in [-0.1, -0.05) is 140 Å². The average molecular weight is 975 g/mol. The number of hydrogen-bond donors (Lipinski definition) is 8. The predicted octanol–water partition coefficient (Wildman–Crippen LogP) is 4.18. The van der Waals surface area contributed by atoms with Crippen LogP contribution in [0.1, 0.15) is 53.5 Å². The Bertz CT molecular complexity index is 2690. The number of fused-ring (bicyclic) bond motifs is 1. The van der Waals surface area contributed by atoms with Crippen molar-refractivity contribution in [3.05, 3.63) is 180 Å². The maximum absolute atomic E-state index is 14.9. The second-order valence-corrected chi connectivity index (χ2v) is 18.3. The van der Waals surface area contributed by atoms with Crippen molar-refractivity contribution in [2.75, 3.05) is 26.3 Å². The second kappa shape index (κ2) is 27.2. The van der Waals surface area contributed by atoms with Gasteiger partial charge in [-0.3, -0.25) is 28.8 Å². The van der Waals surface area contributed by atoms with E-state index in [1.54, 1.807) is 6.20 Å². The van der Waals surface area contributed by atoms with Crippen molar-refractivity contribution in [2.45, 2.75) is 94.0 Å². The van der Waals surface area contributed by atoms with Crippen LogP contribution in [-0.2, 0) is 65.6 Å². The van der Waals surface area contributed by atoms with Crippen molar-refractivity contribution >= 4 is 46.2 Å². The second-order valence-electron chi connectivity index (χ2n) is 18.3. The van der Waals surface area contributed by atoms with Crippen LogP contribution in [0.3, 0.4) is 0 Å². The average Bonchev–Trinajstić information content (AvgIpc) is 3.81. The third-order valence-corrected chi connectivity index (χ3v) is 12.8. The third-order valence-electron chi connectivity index (χ3n) is 12.8. The van der Waals surface area contributed by atoms with Gasteiger partial charge in [0.1, 0.15) is 30.8 Å². The lowest BCUT2D eigenvalue weighted by Crippen LogP contribution is -2.60. The Kier molecular flexibility index (Phi) is 19.8. The number of rotatable bonds is 14. The molecule has 0 saturated carbocycles. The fourth-order valence-electron chi connectivity index (χ4n) is 8.90. The number of carbonyl (C=O) groups excluding carboxylic acids is 6. The molecule has 72 heavy (non-hydrogen) atoms. The fraction of sp³-hybridized carbons (Fsp3) is 0.333. The van der Waals surface area contributed by atoms with Gasteiger partial charge in [-0.2, -0.15) is 0 Å². The molecule has 6 atom stereocenters. The van der Waals surface area contributed by atoms with Crippen LogP contribution in [0.15, 0.2) is 152 Å². The van der Waals surface area contributed by atoms with Gasteiger partial charge in [0.2, 0.25) is 29.5 Å². The van der Waals surface area contributed by atoms with Gasteiger partial charge in [0, 0.05) is 43.0 Å². The van der Waals surface area contributed by atoms with Gasteiger partial charge in [-0.15, -0.1) is 0 Å². The van der Waals surface area contributed by atoms with Crippen LogP contribution in [-0.4, -0.2) is 103 Å². The Morgan fingerprint density at radius 3 is 1.40 bits per heavy atom. The largest absolute Gasteiger partial charge is 0.374 e. The smallest absolute Gasteiger partial charge is 0.243 e. The lowest BCUT2D eigenvalue weighted by molar-refractivity contribution is -0.135. The number of unbranched alkanes of at least 4 members (excludes halogenated alkanes) is 1. The first-order valence-electron chi connectivity index (χ1n) is 24.9. The number of carbonyl (C=O) groups is 6. The zero-order chi connectivity index (χ0) is 50.5. The van der Waals surface area contributed by atoms with Crippen LogP contribution >= 0.6 is 0 Å². The highest BCUT2D eigenvalue weighted by Crippen LogP contribution is 2.20. The van der Waals surface area contributed by atoms with Gasteiger partial charge in [0.25, 0.3) is 0 Å². The van der Waals surface area contributed by atoms with Crippen molar-refractivity contribution < 1.29 is 33.5 Å². The van der Waals surface area contributed by atoms with Gasteiger partial charge in [-0.25, -0.2) is 0 Å². The summed E-state index contributed by atoms with van der Waals surface area (Å²) in [6.07, 6.45) is 4.13. The van der Waals surface area contributed by atoms with E-state index in [4.69, 9.17) is 10.5 Å². The first-order valence-corrected chi connectivity index (χ1v) is 24.9. The molecule has 6 aromatic rings. The zero-order valence-electron chi connectivity index (χ0n) is 40.5. The number of nitrogens with two attached hydrogens (primary N) is 1.